The molecule has 0 aliphatic carbocycles. The molecule has 1 aliphatic rings. The number of quaternary nitrogens is 1. The average Bonchev–Trinajstić information content (AvgIpc) is 3.44. The van der Waals surface area contributed by atoms with Gasteiger partial charge in [0.1, 0.15) is 41.0 Å². The second-order valence-corrected chi connectivity index (χ2v) is 12.1. The van der Waals surface area contributed by atoms with Crippen molar-refractivity contribution in [1.82, 2.24) is 25.3 Å². The Labute approximate surface area is 255 Å². The average molecular weight is 616 g/mol. The van der Waals surface area contributed by atoms with Crippen LogP contribution in [0.2, 0.25) is 0 Å². The van der Waals surface area contributed by atoms with Crippen molar-refractivity contribution in [2.45, 2.75) is 51.2 Å². The van der Waals surface area contributed by atoms with Crippen LogP contribution in [0.15, 0.2) is 42.5 Å². The van der Waals surface area contributed by atoms with Crippen molar-refractivity contribution in [3.05, 3.63) is 65.2 Å². The van der Waals surface area contributed by atoms with Crippen LogP contribution in [-0.4, -0.2) is 86.8 Å². The van der Waals surface area contributed by atoms with E-state index in [1.54, 1.807) is 59.3 Å². The van der Waals surface area contributed by atoms with Crippen molar-refractivity contribution in [1.29, 1.82) is 0 Å². The number of rotatable bonds is 12. The Hall–Kier alpha value is -4.39. The van der Waals surface area contributed by atoms with Crippen LogP contribution in [0.3, 0.4) is 0 Å². The molecule has 0 saturated carbocycles. The molecule has 0 spiro atoms. The number of amides is 5. The highest BCUT2D eigenvalue weighted by Crippen LogP contribution is 2.24. The minimum atomic E-state index is -1.10. The van der Waals surface area contributed by atoms with Crippen LogP contribution in [-0.2, 0) is 25.6 Å². The zero-order valence-electron chi connectivity index (χ0n) is 25.7. The summed E-state index contributed by atoms with van der Waals surface area (Å²) in [4.78, 5) is 65.5. The van der Waals surface area contributed by atoms with E-state index in [4.69, 9.17) is 5.73 Å². The highest BCUT2D eigenvalue weighted by molar-refractivity contribution is 5.98. The van der Waals surface area contributed by atoms with Gasteiger partial charge in [-0.2, -0.15) is 0 Å². The van der Waals surface area contributed by atoms with Crippen molar-refractivity contribution in [2.24, 2.45) is 11.7 Å². The number of nitrogens with two attached hydrogens (primary N) is 1. The molecule has 11 nitrogen and oxygen atoms in total. The van der Waals surface area contributed by atoms with Crippen LogP contribution in [0.1, 0.15) is 42.6 Å². The van der Waals surface area contributed by atoms with Crippen molar-refractivity contribution >= 4 is 35.2 Å². The summed E-state index contributed by atoms with van der Waals surface area (Å²) in [7, 11) is 5.15. The van der Waals surface area contributed by atoms with Crippen LogP contribution in [0.25, 0.3) is 0 Å². The molecular formula is C31H41F2N6O5+. The summed E-state index contributed by atoms with van der Waals surface area (Å²) in [6.07, 6.45) is 0.903. The topological polar surface area (TPSA) is 151 Å². The molecule has 3 rings (SSSR count). The Balaban J connectivity index is 1.71. The highest BCUT2D eigenvalue weighted by Gasteiger charge is 2.37. The minimum absolute atomic E-state index is 0.114. The lowest BCUT2D eigenvalue weighted by Crippen LogP contribution is -2.58. The second-order valence-electron chi connectivity index (χ2n) is 12.1. The lowest BCUT2D eigenvalue weighted by Gasteiger charge is -2.28. The zero-order valence-corrected chi connectivity index (χ0v) is 25.7. The number of nitrogens with one attached hydrogen (secondary N) is 3. The fraction of sp³-hybridized carbons (Fsp3) is 0.452. The van der Waals surface area contributed by atoms with Gasteiger partial charge >= 0.3 is 0 Å². The van der Waals surface area contributed by atoms with E-state index in [-0.39, 0.29) is 23.4 Å². The molecule has 238 valence electrons. The Bertz CT molecular complexity index is 1370. The van der Waals surface area contributed by atoms with E-state index >= 15 is 0 Å². The van der Waals surface area contributed by atoms with Gasteiger partial charge in [0.15, 0.2) is 0 Å². The van der Waals surface area contributed by atoms with Crippen LogP contribution in [0.4, 0.5) is 14.5 Å². The molecule has 13 heteroatoms. The quantitative estimate of drug-likeness (QED) is 0.265. The first-order valence-electron chi connectivity index (χ1n) is 14.4. The van der Waals surface area contributed by atoms with Crippen LogP contribution in [0, 0.1) is 17.6 Å². The van der Waals surface area contributed by atoms with E-state index < -0.39 is 71.4 Å². The van der Waals surface area contributed by atoms with Gasteiger partial charge in [-0.3, -0.25) is 28.5 Å². The third-order valence-corrected chi connectivity index (χ3v) is 7.49. The number of benzene rings is 2. The number of nitrogens with zero attached hydrogens (tertiary/aromatic N) is 2. The molecule has 5 N–H and O–H groups in total. The van der Waals surface area contributed by atoms with Crippen LogP contribution < -0.4 is 26.2 Å². The fourth-order valence-corrected chi connectivity index (χ4v) is 4.99. The number of hydrogen-bond donors (Lipinski definition) is 4. The molecule has 2 aromatic carbocycles. The Kier molecular flexibility index (Phi) is 11.2. The van der Waals surface area contributed by atoms with E-state index in [1.807, 2.05) is 6.07 Å². The molecule has 0 bridgehead atoms. The summed E-state index contributed by atoms with van der Waals surface area (Å²) in [5, 5.41) is 7.58. The fourth-order valence-electron chi connectivity index (χ4n) is 4.99. The molecule has 3 atom stereocenters. The zero-order chi connectivity index (χ0) is 32.8. The van der Waals surface area contributed by atoms with Crippen LogP contribution in [0.5, 0.6) is 0 Å². The predicted octanol–water partition coefficient (Wildman–Crippen LogP) is 1.24. The summed E-state index contributed by atoms with van der Waals surface area (Å²) in [6.45, 7) is 3.07. The van der Waals surface area contributed by atoms with E-state index in [0.717, 1.165) is 17.7 Å². The summed E-state index contributed by atoms with van der Waals surface area (Å²) < 4.78 is 29.5. The Morgan fingerprint density at radius 1 is 1.00 bits per heavy atom. The largest absolute Gasteiger partial charge is 0.368 e. The van der Waals surface area contributed by atoms with Crippen molar-refractivity contribution in [3.8, 4) is 0 Å². The number of hydrogen-bond acceptors (Lipinski definition) is 5. The predicted molar refractivity (Wildman–Crippen MR) is 161 cm³/mol. The number of primary amides is 1. The molecule has 1 heterocycles. The minimum Gasteiger partial charge on any atom is -0.368 e. The van der Waals surface area contributed by atoms with Crippen LogP contribution >= 0.6 is 0 Å². The highest BCUT2D eigenvalue weighted by atomic mass is 19.1. The molecule has 2 aromatic rings. The third-order valence-electron chi connectivity index (χ3n) is 7.49. The molecule has 1 fully saturated rings. The van der Waals surface area contributed by atoms with Gasteiger partial charge in [0, 0.05) is 25.1 Å². The van der Waals surface area contributed by atoms with E-state index in [0.29, 0.717) is 18.5 Å². The maximum absolute atomic E-state index is 14.7. The van der Waals surface area contributed by atoms with Gasteiger partial charge < -0.3 is 26.6 Å². The van der Waals surface area contributed by atoms with Gasteiger partial charge in [-0.15, -0.1) is 0 Å². The lowest BCUT2D eigenvalue weighted by atomic mass is 10.0. The lowest BCUT2D eigenvalue weighted by molar-refractivity contribution is -0.139. The summed E-state index contributed by atoms with van der Waals surface area (Å²) in [5.41, 5.74) is 5.72. The number of likely N-dealkylation sites (tertiary alicyclic amines) is 1. The summed E-state index contributed by atoms with van der Waals surface area (Å²) >= 11 is 0. The monoisotopic (exact) mass is 615 g/mol. The molecule has 1 aliphatic heterocycles. The van der Waals surface area contributed by atoms with E-state index in [2.05, 4.69) is 16.0 Å². The Morgan fingerprint density at radius 3 is 2.16 bits per heavy atom. The normalized spacial score (nSPS) is 16.3. The number of halogens is 2. The van der Waals surface area contributed by atoms with Gasteiger partial charge in [0.25, 0.3) is 5.91 Å². The first-order valence-corrected chi connectivity index (χ1v) is 14.4. The summed E-state index contributed by atoms with van der Waals surface area (Å²) in [6, 6.07) is 8.11. The molecular weight excluding hydrogens is 574 g/mol. The number of carbonyl (C=O) groups is 5. The van der Waals surface area contributed by atoms with Gasteiger partial charge in [-0.05, 0) is 24.3 Å². The molecule has 0 aromatic heterocycles. The maximum Gasteiger partial charge on any atom is 0.257 e. The third kappa shape index (κ3) is 8.59. The molecule has 5 amide bonds. The SMILES string of the molecule is CC(C)[C@H](NC(=O)[C@H](Cc1ccccc1)NC(=O)[C@@H]1CCCN1C(=O)CNC(=O)c1c(F)cc([N+](C)(C)C)cc1F)C(N)=O. The number of carbonyl (C=O) groups excluding carboxylic acids is 5. The summed E-state index contributed by atoms with van der Waals surface area (Å²) in [5.74, 6) is -6.05. The first-order chi connectivity index (χ1) is 20.6. The second kappa shape index (κ2) is 14.4. The van der Waals surface area contributed by atoms with Crippen molar-refractivity contribution < 1.29 is 32.8 Å². The van der Waals surface area contributed by atoms with Crippen molar-refractivity contribution in [2.75, 3.05) is 34.2 Å². The standard InChI is InChI=1S/C31H40F2N6O5/c1-18(2)27(28(34)41)37-29(42)23(14-19-10-7-6-8-11-19)36-30(43)24-12-9-13-38(24)25(40)17-35-31(44)26-21(32)15-20(16-22(26)33)39(3,4)5/h6-8,10-11,15-16,18,23-24,27H,9,12-14,17H2,1-5H3,(H4-,34,35,36,37,41,42,43,44)/p+1/t23-,24-,27-/m0/s1. The molecule has 1 saturated heterocycles. The molecule has 44 heavy (non-hydrogen) atoms. The van der Waals surface area contributed by atoms with E-state index in [1.165, 1.54) is 4.90 Å². The van der Waals surface area contributed by atoms with E-state index in [9.17, 15) is 32.8 Å². The van der Waals surface area contributed by atoms with Gasteiger partial charge in [-0.25, -0.2) is 8.78 Å². The van der Waals surface area contributed by atoms with Gasteiger partial charge in [0.05, 0.1) is 27.7 Å². The Morgan fingerprint density at radius 2 is 1.61 bits per heavy atom. The molecule has 0 radical (unpaired) electrons. The molecule has 0 unspecified atom stereocenters. The van der Waals surface area contributed by atoms with Crippen molar-refractivity contribution in [3.63, 3.8) is 0 Å². The van der Waals surface area contributed by atoms with Gasteiger partial charge in [0.2, 0.25) is 23.6 Å². The smallest absolute Gasteiger partial charge is 0.257 e. The van der Waals surface area contributed by atoms with Gasteiger partial charge in [-0.1, -0.05) is 44.2 Å². The maximum atomic E-state index is 14.7. The first kappa shape index (κ1) is 34.1.